The number of nitrogens with one attached hydrogen (secondary N) is 1. The SMILES string of the molecule is COCC(C(C)C)n1c(=S)[nH]c2cc(F)c(Cl)cc21. The minimum Gasteiger partial charge on any atom is -0.383 e. The third-order valence-corrected chi connectivity index (χ3v) is 3.79. The van der Waals surface area contributed by atoms with Crippen molar-refractivity contribution in [3.05, 3.63) is 27.7 Å². The Morgan fingerprint density at radius 1 is 1.47 bits per heavy atom. The first-order valence-electron chi connectivity index (χ1n) is 6.04. The molecule has 2 rings (SSSR count). The third kappa shape index (κ3) is 2.68. The molecule has 0 aliphatic rings. The van der Waals surface area contributed by atoms with Crippen LogP contribution >= 0.6 is 23.8 Å². The number of nitrogens with zero attached hydrogens (tertiary/aromatic N) is 1. The molecule has 1 aromatic heterocycles. The van der Waals surface area contributed by atoms with Crippen LogP contribution in [0.1, 0.15) is 19.9 Å². The van der Waals surface area contributed by atoms with Crippen LogP contribution in [0, 0.1) is 16.5 Å². The number of benzene rings is 1. The molecule has 0 saturated carbocycles. The molecule has 0 amide bonds. The van der Waals surface area contributed by atoms with Gasteiger partial charge in [-0.15, -0.1) is 0 Å². The first-order valence-corrected chi connectivity index (χ1v) is 6.82. The molecule has 0 aliphatic heterocycles. The van der Waals surface area contributed by atoms with Gasteiger partial charge in [-0.3, -0.25) is 0 Å². The van der Waals surface area contributed by atoms with Crippen molar-refractivity contribution < 1.29 is 9.13 Å². The van der Waals surface area contributed by atoms with Crippen LogP contribution in [0.5, 0.6) is 0 Å². The van der Waals surface area contributed by atoms with Crippen molar-refractivity contribution in [2.75, 3.05) is 13.7 Å². The predicted molar refractivity (Wildman–Crippen MR) is 77.8 cm³/mol. The third-order valence-electron chi connectivity index (χ3n) is 3.20. The first-order chi connectivity index (χ1) is 8.95. The molecule has 0 fully saturated rings. The summed E-state index contributed by atoms with van der Waals surface area (Å²) < 4.78 is 21.2. The number of hydrogen-bond acceptors (Lipinski definition) is 2. The van der Waals surface area contributed by atoms with Gasteiger partial charge in [0.25, 0.3) is 0 Å². The molecule has 6 heteroatoms. The molecule has 0 saturated heterocycles. The molecule has 19 heavy (non-hydrogen) atoms. The maximum absolute atomic E-state index is 13.5. The molecule has 1 N–H and O–H groups in total. The lowest BCUT2D eigenvalue weighted by Crippen LogP contribution is -2.20. The quantitative estimate of drug-likeness (QED) is 0.852. The maximum Gasteiger partial charge on any atom is 0.178 e. The molecule has 0 spiro atoms. The Labute approximate surface area is 121 Å². The number of aromatic amines is 1. The van der Waals surface area contributed by atoms with Gasteiger partial charge in [-0.25, -0.2) is 4.39 Å². The van der Waals surface area contributed by atoms with Gasteiger partial charge in [-0.05, 0) is 24.2 Å². The summed E-state index contributed by atoms with van der Waals surface area (Å²) in [5, 5.41) is 0.0928. The average Bonchev–Trinajstić information content (AvgIpc) is 2.62. The average molecular weight is 303 g/mol. The zero-order valence-electron chi connectivity index (χ0n) is 11.0. The van der Waals surface area contributed by atoms with Crippen LogP contribution in [-0.4, -0.2) is 23.3 Å². The number of halogens is 2. The molecule has 1 heterocycles. The number of methoxy groups -OCH3 is 1. The number of hydrogen-bond donors (Lipinski definition) is 1. The van der Waals surface area contributed by atoms with E-state index >= 15 is 0 Å². The van der Waals surface area contributed by atoms with E-state index in [4.69, 9.17) is 28.6 Å². The zero-order valence-corrected chi connectivity index (χ0v) is 12.6. The normalized spacial score (nSPS) is 13.4. The van der Waals surface area contributed by atoms with E-state index in [1.54, 1.807) is 13.2 Å². The largest absolute Gasteiger partial charge is 0.383 e. The second kappa shape index (κ2) is 5.61. The molecule has 0 radical (unpaired) electrons. The van der Waals surface area contributed by atoms with Gasteiger partial charge < -0.3 is 14.3 Å². The van der Waals surface area contributed by atoms with Gasteiger partial charge in [0.15, 0.2) is 4.77 Å². The monoisotopic (exact) mass is 302 g/mol. The highest BCUT2D eigenvalue weighted by Crippen LogP contribution is 2.28. The van der Waals surface area contributed by atoms with Crippen molar-refractivity contribution in [3.63, 3.8) is 0 Å². The molecule has 104 valence electrons. The van der Waals surface area contributed by atoms with E-state index in [2.05, 4.69) is 18.8 Å². The van der Waals surface area contributed by atoms with E-state index in [0.29, 0.717) is 22.8 Å². The molecule has 0 aliphatic carbocycles. The van der Waals surface area contributed by atoms with E-state index < -0.39 is 5.82 Å². The molecule has 2 aromatic rings. The minimum absolute atomic E-state index is 0.0766. The topological polar surface area (TPSA) is 29.9 Å². The first kappa shape index (κ1) is 14.5. The standard InChI is InChI=1S/C13H16ClFN2OS/c1-7(2)12(6-18-3)17-11-4-8(14)9(15)5-10(11)16-13(17)19/h4-5,7,12H,6H2,1-3H3,(H,16,19). The summed E-state index contributed by atoms with van der Waals surface area (Å²) in [6.45, 7) is 4.72. The number of fused-ring (bicyclic) bond motifs is 1. The van der Waals surface area contributed by atoms with Crippen molar-refractivity contribution >= 4 is 34.9 Å². The predicted octanol–water partition coefficient (Wildman–Crippen LogP) is 4.33. The number of ether oxygens (including phenoxy) is 1. The Balaban J connectivity index is 2.68. The Morgan fingerprint density at radius 3 is 2.74 bits per heavy atom. The number of H-pyrrole nitrogens is 1. The molecule has 1 aromatic carbocycles. The van der Waals surface area contributed by atoms with Crippen LogP contribution in [0.3, 0.4) is 0 Å². The minimum atomic E-state index is -0.453. The van der Waals surface area contributed by atoms with Gasteiger partial charge >= 0.3 is 0 Å². The molecule has 1 unspecified atom stereocenters. The Bertz CT molecular complexity index is 650. The highest BCUT2D eigenvalue weighted by molar-refractivity contribution is 7.71. The molecule has 1 atom stereocenters. The molecule has 0 bridgehead atoms. The van der Waals surface area contributed by atoms with Gasteiger partial charge in [-0.2, -0.15) is 0 Å². The number of rotatable bonds is 4. The van der Waals surface area contributed by atoms with Gasteiger partial charge in [-0.1, -0.05) is 25.4 Å². The fraction of sp³-hybridized carbons (Fsp3) is 0.462. The van der Waals surface area contributed by atoms with Gasteiger partial charge in [0, 0.05) is 13.2 Å². The van der Waals surface area contributed by atoms with E-state index in [-0.39, 0.29) is 11.1 Å². The Hall–Kier alpha value is -0.910. The summed E-state index contributed by atoms with van der Waals surface area (Å²) in [7, 11) is 1.65. The van der Waals surface area contributed by atoms with E-state index in [0.717, 1.165) is 5.52 Å². The maximum atomic E-state index is 13.5. The van der Waals surface area contributed by atoms with Crippen LogP contribution < -0.4 is 0 Å². The Morgan fingerprint density at radius 2 is 2.16 bits per heavy atom. The van der Waals surface area contributed by atoms with Crippen LogP contribution in [-0.2, 0) is 4.74 Å². The van der Waals surface area contributed by atoms with Crippen LogP contribution in [0.25, 0.3) is 11.0 Å². The Kier molecular flexibility index (Phi) is 4.28. The van der Waals surface area contributed by atoms with Crippen molar-refractivity contribution in [1.82, 2.24) is 9.55 Å². The fourth-order valence-electron chi connectivity index (χ4n) is 2.19. The summed E-state index contributed by atoms with van der Waals surface area (Å²) in [4.78, 5) is 3.01. The molecular weight excluding hydrogens is 287 g/mol. The highest BCUT2D eigenvalue weighted by Gasteiger charge is 2.20. The summed E-state index contributed by atoms with van der Waals surface area (Å²) in [5.41, 5.74) is 1.45. The fourth-order valence-corrected chi connectivity index (χ4v) is 2.69. The van der Waals surface area contributed by atoms with E-state index in [9.17, 15) is 4.39 Å². The van der Waals surface area contributed by atoms with Crippen LogP contribution in [0.15, 0.2) is 12.1 Å². The lowest BCUT2D eigenvalue weighted by atomic mass is 10.1. The van der Waals surface area contributed by atoms with E-state index in [1.807, 2.05) is 4.57 Å². The van der Waals surface area contributed by atoms with Crippen molar-refractivity contribution in [1.29, 1.82) is 0 Å². The van der Waals surface area contributed by atoms with Crippen molar-refractivity contribution in [3.8, 4) is 0 Å². The molecule has 3 nitrogen and oxygen atoms in total. The highest BCUT2D eigenvalue weighted by atomic mass is 35.5. The summed E-state index contributed by atoms with van der Waals surface area (Å²) in [5.74, 6) is -0.125. The summed E-state index contributed by atoms with van der Waals surface area (Å²) in [6, 6.07) is 3.05. The zero-order chi connectivity index (χ0) is 14.2. The van der Waals surface area contributed by atoms with Crippen LogP contribution in [0.4, 0.5) is 4.39 Å². The molecular formula is C13H16ClFN2OS. The van der Waals surface area contributed by atoms with Gasteiger partial charge in [0.1, 0.15) is 5.82 Å². The number of aromatic nitrogens is 2. The van der Waals surface area contributed by atoms with Crippen molar-refractivity contribution in [2.45, 2.75) is 19.9 Å². The smallest absolute Gasteiger partial charge is 0.178 e. The van der Waals surface area contributed by atoms with Crippen molar-refractivity contribution in [2.24, 2.45) is 5.92 Å². The second-order valence-corrected chi connectivity index (χ2v) is 5.64. The lowest BCUT2D eigenvalue weighted by molar-refractivity contribution is 0.134. The van der Waals surface area contributed by atoms with Gasteiger partial charge in [0.05, 0.1) is 28.7 Å². The summed E-state index contributed by atoms with van der Waals surface area (Å²) in [6.07, 6.45) is 0. The number of imidazole rings is 1. The van der Waals surface area contributed by atoms with Crippen LogP contribution in [0.2, 0.25) is 5.02 Å². The lowest BCUT2D eigenvalue weighted by Gasteiger charge is -2.22. The summed E-state index contributed by atoms with van der Waals surface area (Å²) >= 11 is 11.2. The van der Waals surface area contributed by atoms with E-state index in [1.165, 1.54) is 6.07 Å². The van der Waals surface area contributed by atoms with Gasteiger partial charge in [0.2, 0.25) is 0 Å². The second-order valence-electron chi connectivity index (χ2n) is 4.85.